The molecule has 0 radical (unpaired) electrons. The van der Waals surface area contributed by atoms with Gasteiger partial charge in [-0.25, -0.2) is 8.42 Å². The third kappa shape index (κ3) is 8.87. The number of nitrogens with one attached hydrogen (secondary N) is 1. The van der Waals surface area contributed by atoms with Crippen LogP contribution < -0.4 is 9.62 Å². The summed E-state index contributed by atoms with van der Waals surface area (Å²) >= 11 is 19.1. The molecule has 0 aliphatic heterocycles. The Kier molecular flexibility index (Phi) is 11.9. The SMILES string of the molecule is O=C(NC1CCCCC1)C(Cc1ccccc1)N(Cc1ccccc1Cl)C(=O)CN(c1ccc(Cl)c(Cl)c1)S(=O)(=O)c1ccccc1. The summed E-state index contributed by atoms with van der Waals surface area (Å²) in [4.78, 5) is 30.3. The minimum atomic E-state index is -4.26. The van der Waals surface area contributed by atoms with E-state index in [2.05, 4.69) is 5.32 Å². The molecular formula is C36H36Cl3N3O4S. The highest BCUT2D eigenvalue weighted by atomic mass is 35.5. The summed E-state index contributed by atoms with van der Waals surface area (Å²) in [5, 5.41) is 3.99. The monoisotopic (exact) mass is 711 g/mol. The molecule has 1 aliphatic rings. The Balaban J connectivity index is 1.58. The van der Waals surface area contributed by atoms with Gasteiger partial charge in [-0.05, 0) is 60.4 Å². The van der Waals surface area contributed by atoms with Crippen LogP contribution in [-0.2, 0) is 32.6 Å². The Bertz CT molecular complexity index is 1790. The van der Waals surface area contributed by atoms with Gasteiger partial charge in [-0.15, -0.1) is 0 Å². The lowest BCUT2D eigenvalue weighted by Crippen LogP contribution is -2.55. The number of sulfonamides is 1. The summed E-state index contributed by atoms with van der Waals surface area (Å²) in [7, 11) is -4.26. The number of hydrogen-bond donors (Lipinski definition) is 1. The van der Waals surface area contributed by atoms with Crippen LogP contribution in [0.2, 0.25) is 15.1 Å². The van der Waals surface area contributed by atoms with Crippen molar-refractivity contribution in [2.75, 3.05) is 10.8 Å². The van der Waals surface area contributed by atoms with Gasteiger partial charge in [0.25, 0.3) is 10.0 Å². The molecule has 1 saturated carbocycles. The van der Waals surface area contributed by atoms with E-state index in [0.29, 0.717) is 10.6 Å². The smallest absolute Gasteiger partial charge is 0.264 e. The van der Waals surface area contributed by atoms with Gasteiger partial charge in [-0.2, -0.15) is 0 Å². The lowest BCUT2D eigenvalue weighted by atomic mass is 9.94. The van der Waals surface area contributed by atoms with Crippen molar-refractivity contribution in [3.63, 3.8) is 0 Å². The molecule has 4 aromatic rings. The van der Waals surface area contributed by atoms with E-state index in [9.17, 15) is 18.0 Å². The topological polar surface area (TPSA) is 86.8 Å². The first-order valence-corrected chi connectivity index (χ1v) is 18.1. The molecule has 11 heteroatoms. The molecule has 1 N–H and O–H groups in total. The highest BCUT2D eigenvalue weighted by molar-refractivity contribution is 7.92. The van der Waals surface area contributed by atoms with Crippen LogP contribution in [-0.4, -0.2) is 43.8 Å². The van der Waals surface area contributed by atoms with Crippen LogP contribution in [0.25, 0.3) is 0 Å². The van der Waals surface area contributed by atoms with Gasteiger partial charge >= 0.3 is 0 Å². The molecule has 0 heterocycles. The second-order valence-electron chi connectivity index (χ2n) is 11.6. The lowest BCUT2D eigenvalue weighted by Gasteiger charge is -2.35. The maximum Gasteiger partial charge on any atom is 0.264 e. The molecule has 7 nitrogen and oxygen atoms in total. The molecule has 0 saturated heterocycles. The number of hydrogen-bond acceptors (Lipinski definition) is 4. The fraction of sp³-hybridized carbons (Fsp3) is 0.278. The third-order valence-electron chi connectivity index (χ3n) is 8.32. The van der Waals surface area contributed by atoms with Gasteiger partial charge in [-0.1, -0.05) is 121 Å². The van der Waals surface area contributed by atoms with Crippen molar-refractivity contribution in [3.05, 3.63) is 129 Å². The highest BCUT2D eigenvalue weighted by Gasteiger charge is 2.35. The maximum atomic E-state index is 14.6. The molecule has 1 unspecified atom stereocenters. The zero-order valence-electron chi connectivity index (χ0n) is 25.7. The van der Waals surface area contributed by atoms with Crippen molar-refractivity contribution in [2.24, 2.45) is 0 Å². The first-order valence-electron chi connectivity index (χ1n) is 15.5. The number of benzene rings is 4. The first-order chi connectivity index (χ1) is 22.6. The van der Waals surface area contributed by atoms with E-state index in [4.69, 9.17) is 34.8 Å². The number of carbonyl (C=O) groups is 2. The minimum absolute atomic E-state index is 0.00189. The fourth-order valence-electron chi connectivity index (χ4n) is 5.80. The molecule has 0 spiro atoms. The normalized spacial score (nSPS) is 14.3. The first kappa shape index (κ1) is 34.8. The minimum Gasteiger partial charge on any atom is -0.352 e. The van der Waals surface area contributed by atoms with E-state index in [0.717, 1.165) is 42.0 Å². The quantitative estimate of drug-likeness (QED) is 0.162. The van der Waals surface area contributed by atoms with E-state index in [1.807, 2.05) is 30.3 Å². The number of carbonyl (C=O) groups excluding carboxylic acids is 2. The predicted molar refractivity (Wildman–Crippen MR) is 188 cm³/mol. The number of amides is 2. The van der Waals surface area contributed by atoms with Crippen LogP contribution in [0.5, 0.6) is 0 Å². The van der Waals surface area contributed by atoms with E-state index in [-0.39, 0.29) is 45.5 Å². The van der Waals surface area contributed by atoms with Gasteiger partial charge in [0.05, 0.1) is 20.6 Å². The average molecular weight is 713 g/mol. The van der Waals surface area contributed by atoms with Crippen LogP contribution in [0.1, 0.15) is 43.2 Å². The number of rotatable bonds is 12. The van der Waals surface area contributed by atoms with Crippen LogP contribution in [0.4, 0.5) is 5.69 Å². The zero-order valence-corrected chi connectivity index (χ0v) is 28.8. The second-order valence-corrected chi connectivity index (χ2v) is 14.7. The largest absolute Gasteiger partial charge is 0.352 e. The summed E-state index contributed by atoms with van der Waals surface area (Å²) in [6, 6.07) is 27.8. The van der Waals surface area contributed by atoms with Gasteiger partial charge in [0.15, 0.2) is 0 Å². The van der Waals surface area contributed by atoms with E-state index in [1.54, 1.807) is 42.5 Å². The zero-order chi connectivity index (χ0) is 33.4. The van der Waals surface area contributed by atoms with Crippen molar-refractivity contribution in [3.8, 4) is 0 Å². The summed E-state index contributed by atoms with van der Waals surface area (Å²) in [5.74, 6) is -0.886. The van der Waals surface area contributed by atoms with Crippen molar-refractivity contribution in [1.82, 2.24) is 10.2 Å². The highest BCUT2D eigenvalue weighted by Crippen LogP contribution is 2.31. The molecule has 47 heavy (non-hydrogen) atoms. The molecule has 1 aliphatic carbocycles. The molecule has 1 atom stereocenters. The van der Waals surface area contributed by atoms with Gasteiger partial charge in [-0.3, -0.25) is 13.9 Å². The van der Waals surface area contributed by atoms with Crippen LogP contribution in [0, 0.1) is 0 Å². The fourth-order valence-corrected chi connectivity index (χ4v) is 7.71. The Morgan fingerprint density at radius 1 is 0.766 bits per heavy atom. The van der Waals surface area contributed by atoms with Gasteiger partial charge in [0, 0.05) is 24.0 Å². The Morgan fingerprint density at radius 2 is 1.40 bits per heavy atom. The van der Waals surface area contributed by atoms with E-state index in [1.165, 1.54) is 35.2 Å². The molecule has 1 fully saturated rings. The molecule has 5 rings (SSSR count). The Hall–Kier alpha value is -3.56. The second kappa shape index (κ2) is 16.0. The Labute approximate surface area is 291 Å². The molecule has 0 aromatic heterocycles. The lowest BCUT2D eigenvalue weighted by molar-refractivity contribution is -0.140. The van der Waals surface area contributed by atoms with Crippen molar-refractivity contribution in [1.29, 1.82) is 0 Å². The molecule has 246 valence electrons. The average Bonchev–Trinajstić information content (AvgIpc) is 3.08. The maximum absolute atomic E-state index is 14.6. The summed E-state index contributed by atoms with van der Waals surface area (Å²) in [6.07, 6.45) is 5.11. The van der Waals surface area contributed by atoms with Crippen LogP contribution >= 0.6 is 34.8 Å². The van der Waals surface area contributed by atoms with Crippen molar-refractivity contribution in [2.45, 2.75) is 62.0 Å². The number of halogens is 3. The van der Waals surface area contributed by atoms with Gasteiger partial charge in [0.1, 0.15) is 12.6 Å². The van der Waals surface area contributed by atoms with Crippen LogP contribution in [0.15, 0.2) is 108 Å². The van der Waals surface area contributed by atoms with E-state index >= 15 is 0 Å². The summed E-state index contributed by atoms with van der Waals surface area (Å²) in [5.41, 5.74) is 1.63. The molecule has 4 aromatic carbocycles. The number of nitrogens with zero attached hydrogens (tertiary/aromatic N) is 2. The summed E-state index contributed by atoms with van der Waals surface area (Å²) < 4.78 is 29.3. The standard InChI is InChI=1S/C36H36Cl3N3O4S/c37-31-19-11-10-14-27(31)24-41(34(22-26-12-4-1-5-13-26)36(44)40-28-15-6-2-7-16-28)35(43)25-42(29-20-21-32(38)33(39)23-29)47(45,46)30-17-8-3-9-18-30/h1,3-5,8-14,17-21,23,28,34H,2,6-7,15-16,22,24-25H2,(H,40,44). The van der Waals surface area contributed by atoms with Crippen molar-refractivity contribution >= 4 is 62.3 Å². The molecular weight excluding hydrogens is 677 g/mol. The third-order valence-corrected chi connectivity index (χ3v) is 11.2. The van der Waals surface area contributed by atoms with Gasteiger partial charge in [0.2, 0.25) is 11.8 Å². The molecule has 0 bridgehead atoms. The predicted octanol–water partition coefficient (Wildman–Crippen LogP) is 7.93. The van der Waals surface area contributed by atoms with Crippen molar-refractivity contribution < 1.29 is 18.0 Å². The number of anilines is 1. The molecule has 2 amide bonds. The summed E-state index contributed by atoms with van der Waals surface area (Å²) in [6.45, 7) is -0.629. The van der Waals surface area contributed by atoms with Crippen LogP contribution in [0.3, 0.4) is 0 Å². The Morgan fingerprint density at radius 3 is 2.06 bits per heavy atom. The van der Waals surface area contributed by atoms with E-state index < -0.39 is 28.5 Å². The van der Waals surface area contributed by atoms with Gasteiger partial charge < -0.3 is 10.2 Å².